The van der Waals surface area contributed by atoms with Crippen molar-refractivity contribution < 1.29 is 14.3 Å². The van der Waals surface area contributed by atoms with Crippen LogP contribution in [-0.4, -0.2) is 43.7 Å². The Morgan fingerprint density at radius 3 is 2.48 bits per heavy atom. The second-order valence-electron chi connectivity index (χ2n) is 8.50. The summed E-state index contributed by atoms with van der Waals surface area (Å²) in [4.78, 5) is 15.7. The molecule has 0 aromatic heterocycles. The molecule has 2 saturated heterocycles. The Labute approximate surface area is 211 Å². The van der Waals surface area contributed by atoms with Gasteiger partial charge in [0.2, 0.25) is 0 Å². The number of hydrogen-bond acceptors (Lipinski definition) is 5. The van der Waals surface area contributed by atoms with Gasteiger partial charge in [-0.3, -0.25) is 9.69 Å². The van der Waals surface area contributed by atoms with Crippen molar-refractivity contribution in [3.05, 3.63) is 54.7 Å². The van der Waals surface area contributed by atoms with Crippen molar-refractivity contribution in [2.45, 2.75) is 43.7 Å². The zero-order valence-corrected chi connectivity index (χ0v) is 22.1. The summed E-state index contributed by atoms with van der Waals surface area (Å²) < 4.78 is 13.3. The van der Waals surface area contributed by atoms with Crippen LogP contribution in [-0.2, 0) is 16.0 Å². The number of fused-ring (bicyclic) bond motifs is 2. The first-order chi connectivity index (χ1) is 14.9. The molecule has 2 fully saturated rings. The van der Waals surface area contributed by atoms with E-state index in [1.54, 1.807) is 7.11 Å². The maximum atomic E-state index is 13.3. The lowest BCUT2D eigenvalue weighted by Gasteiger charge is -2.42. The quantitative estimate of drug-likeness (QED) is 0.277. The number of halogens is 2. The molecule has 0 radical (unpaired) electrons. The highest BCUT2D eigenvalue weighted by Crippen LogP contribution is 2.46. The fourth-order valence-electron chi connectivity index (χ4n) is 5.13. The summed E-state index contributed by atoms with van der Waals surface area (Å²) in [5.74, 6) is 0.818. The molecule has 2 aliphatic heterocycles. The first-order valence-electron chi connectivity index (χ1n) is 10.6. The number of nitrogens with two attached hydrogens (primary N) is 1. The van der Waals surface area contributed by atoms with Gasteiger partial charge in [-0.2, -0.15) is 0 Å². The Morgan fingerprint density at radius 2 is 1.84 bits per heavy atom. The lowest BCUT2D eigenvalue weighted by Crippen LogP contribution is -2.49. The van der Waals surface area contributed by atoms with Crippen LogP contribution in [0.25, 0.3) is 0 Å². The summed E-state index contributed by atoms with van der Waals surface area (Å²) in [6.45, 7) is 0.389. The topological polar surface area (TPSA) is 64.8 Å². The number of rotatable bonds is 6. The van der Waals surface area contributed by atoms with Crippen molar-refractivity contribution >= 4 is 56.8 Å². The van der Waals surface area contributed by atoms with E-state index in [4.69, 9.17) is 15.2 Å². The summed E-state index contributed by atoms with van der Waals surface area (Å²) in [7, 11) is 3.83. The summed E-state index contributed by atoms with van der Waals surface area (Å²) in [6.07, 6.45) is 3.90. The van der Waals surface area contributed by atoms with Crippen LogP contribution in [0.5, 0.6) is 5.75 Å². The molecule has 0 aliphatic carbocycles. The normalized spacial score (nSPS) is 25.4. The molecule has 5 nitrogen and oxygen atoms in total. The van der Waals surface area contributed by atoms with Crippen LogP contribution in [0.4, 0.5) is 5.69 Å². The molecule has 4 rings (SSSR count). The summed E-state index contributed by atoms with van der Waals surface area (Å²) in [5, 5.41) is 0. The van der Waals surface area contributed by atoms with E-state index in [1.165, 1.54) is 5.56 Å². The monoisotopic (exact) mass is 646 g/mol. The number of nitrogen functional groups attached to an aromatic ring is 1. The first kappa shape index (κ1) is 23.1. The molecule has 2 bridgehead atoms. The van der Waals surface area contributed by atoms with E-state index >= 15 is 0 Å². The van der Waals surface area contributed by atoms with Crippen molar-refractivity contribution in [1.82, 2.24) is 4.90 Å². The van der Waals surface area contributed by atoms with E-state index in [0.717, 1.165) is 43.4 Å². The number of carbonyl (C=O) groups is 1. The molecule has 31 heavy (non-hydrogen) atoms. The lowest BCUT2D eigenvalue weighted by molar-refractivity contribution is -0.153. The van der Waals surface area contributed by atoms with Gasteiger partial charge in [0.25, 0.3) is 0 Å². The molecule has 4 atom stereocenters. The molecule has 2 aliphatic rings. The van der Waals surface area contributed by atoms with Gasteiger partial charge in [0.1, 0.15) is 5.75 Å². The fraction of sp³-hybridized carbons (Fsp3) is 0.458. The van der Waals surface area contributed by atoms with Gasteiger partial charge in [-0.15, -0.1) is 0 Å². The minimum Gasteiger partial charge on any atom is -0.497 e. The highest BCUT2D eigenvalue weighted by Gasteiger charge is 2.49. The molecule has 2 N–H and O–H groups in total. The minimum absolute atomic E-state index is 0.0714. The number of benzene rings is 2. The fourth-order valence-corrected chi connectivity index (χ4v) is 7.03. The number of hydrogen-bond donors (Lipinski definition) is 1. The van der Waals surface area contributed by atoms with Gasteiger partial charge in [-0.25, -0.2) is 0 Å². The van der Waals surface area contributed by atoms with E-state index in [1.807, 2.05) is 12.1 Å². The lowest BCUT2D eigenvalue weighted by atomic mass is 9.76. The Bertz CT molecular complexity index is 927. The molecular weight excluding hydrogens is 618 g/mol. The van der Waals surface area contributed by atoms with Crippen LogP contribution >= 0.6 is 45.2 Å². The van der Waals surface area contributed by atoms with Crippen molar-refractivity contribution in [1.29, 1.82) is 0 Å². The van der Waals surface area contributed by atoms with Gasteiger partial charge in [-0.05, 0) is 107 Å². The number of methoxy groups -OCH3 is 1. The van der Waals surface area contributed by atoms with Gasteiger partial charge in [0, 0.05) is 31.6 Å². The van der Waals surface area contributed by atoms with Crippen LogP contribution in [0.15, 0.2) is 36.4 Å². The summed E-state index contributed by atoms with van der Waals surface area (Å²) in [5.41, 5.74) is 9.21. The number of anilines is 1. The molecule has 0 spiro atoms. The smallest absolute Gasteiger partial charge is 0.311 e. The van der Waals surface area contributed by atoms with E-state index in [0.29, 0.717) is 19.1 Å². The highest BCUT2D eigenvalue weighted by atomic mass is 127. The Hall–Kier alpha value is -1.07. The largest absolute Gasteiger partial charge is 0.497 e. The van der Waals surface area contributed by atoms with Gasteiger partial charge in [-0.1, -0.05) is 12.1 Å². The molecule has 2 heterocycles. The second-order valence-corrected chi connectivity index (χ2v) is 10.8. The van der Waals surface area contributed by atoms with Crippen molar-refractivity contribution in [3.8, 4) is 5.75 Å². The maximum absolute atomic E-state index is 13.3. The number of piperidine rings is 1. The SMILES string of the molecule is COc1ccc([C@H]2C[C@@H]3CC[C@H]([C@H]2C(=O)OCCc2cc(I)c(N)c(I)c2)N3C)cc1. The van der Waals surface area contributed by atoms with Crippen molar-refractivity contribution in [2.24, 2.45) is 5.92 Å². The zero-order chi connectivity index (χ0) is 22.1. The Kier molecular flexibility index (Phi) is 7.32. The molecule has 2 aromatic rings. The van der Waals surface area contributed by atoms with Crippen LogP contribution in [0, 0.1) is 13.1 Å². The predicted molar refractivity (Wildman–Crippen MR) is 139 cm³/mol. The van der Waals surface area contributed by atoms with E-state index in [2.05, 4.69) is 81.4 Å². The van der Waals surface area contributed by atoms with Gasteiger partial charge in [0.15, 0.2) is 0 Å². The Balaban J connectivity index is 1.48. The number of nitrogens with zero attached hydrogens (tertiary/aromatic N) is 1. The molecular formula is C24H28I2N2O3. The minimum atomic E-state index is -0.135. The molecule has 166 valence electrons. The standard InChI is InChI=1S/C24H28I2N2O3/c1-28-16-5-8-21(28)22(18(13-16)15-3-6-17(30-2)7-4-15)24(29)31-10-9-14-11-19(25)23(27)20(26)12-14/h3-4,6-7,11-12,16,18,21-22H,5,8-10,13,27H2,1-2H3/t16-,18+,21+,22-/m0/s1. The number of carbonyl (C=O) groups excluding carboxylic acids is 1. The van der Waals surface area contributed by atoms with Crippen LogP contribution in [0.2, 0.25) is 0 Å². The van der Waals surface area contributed by atoms with Gasteiger partial charge in [0.05, 0.1) is 25.3 Å². The summed E-state index contributed by atoms with van der Waals surface area (Å²) in [6, 6.07) is 13.1. The first-order valence-corrected chi connectivity index (χ1v) is 12.8. The van der Waals surface area contributed by atoms with Gasteiger partial charge < -0.3 is 15.2 Å². The Morgan fingerprint density at radius 1 is 1.16 bits per heavy atom. The van der Waals surface area contributed by atoms with Crippen molar-refractivity contribution in [3.63, 3.8) is 0 Å². The molecule has 2 aromatic carbocycles. The maximum Gasteiger partial charge on any atom is 0.311 e. The van der Waals surface area contributed by atoms with Crippen LogP contribution in [0.3, 0.4) is 0 Å². The zero-order valence-electron chi connectivity index (χ0n) is 17.8. The van der Waals surface area contributed by atoms with E-state index < -0.39 is 0 Å². The molecule has 0 unspecified atom stereocenters. The predicted octanol–water partition coefficient (Wildman–Crippen LogP) is 4.84. The van der Waals surface area contributed by atoms with Crippen LogP contribution in [0.1, 0.15) is 36.3 Å². The number of ether oxygens (including phenoxy) is 2. The molecule has 7 heteroatoms. The molecule has 0 amide bonds. The third-order valence-corrected chi connectivity index (χ3v) is 8.64. The average Bonchev–Trinajstić information content (AvgIpc) is 2.99. The number of esters is 1. The van der Waals surface area contributed by atoms with Gasteiger partial charge >= 0.3 is 5.97 Å². The highest BCUT2D eigenvalue weighted by molar-refractivity contribution is 14.1. The average molecular weight is 646 g/mol. The molecule has 0 saturated carbocycles. The van der Waals surface area contributed by atoms with Crippen molar-refractivity contribution in [2.75, 3.05) is 26.5 Å². The van der Waals surface area contributed by atoms with E-state index in [9.17, 15) is 4.79 Å². The third kappa shape index (κ3) is 4.83. The second kappa shape index (κ2) is 9.82. The van der Waals surface area contributed by atoms with E-state index in [-0.39, 0.29) is 23.8 Å². The third-order valence-electron chi connectivity index (χ3n) is 6.86. The summed E-state index contributed by atoms with van der Waals surface area (Å²) >= 11 is 4.50. The van der Waals surface area contributed by atoms with Crippen LogP contribution < -0.4 is 10.5 Å².